The Morgan fingerprint density at radius 2 is 1.85 bits per heavy atom. The molecule has 6 nitrogen and oxygen atoms in total. The van der Waals surface area contributed by atoms with Crippen LogP contribution < -0.4 is 14.8 Å². The molecule has 4 aromatic rings. The zero-order chi connectivity index (χ0) is 22.5. The first kappa shape index (κ1) is 20.3. The second-order valence-electron chi connectivity index (χ2n) is 7.83. The maximum atomic E-state index is 6.61. The lowest BCUT2D eigenvalue weighted by atomic mass is 9.84. The number of methoxy groups -OCH3 is 1. The van der Waals surface area contributed by atoms with Crippen LogP contribution in [0, 0.1) is 0 Å². The van der Waals surface area contributed by atoms with Gasteiger partial charge in [-0.2, -0.15) is 10.1 Å². The minimum Gasteiger partial charge on any atom is -0.496 e. The molecule has 1 aromatic heterocycles. The molecule has 3 aromatic carbocycles. The van der Waals surface area contributed by atoms with Crippen molar-refractivity contribution in [3.63, 3.8) is 0 Å². The van der Waals surface area contributed by atoms with Crippen molar-refractivity contribution in [1.29, 1.82) is 0 Å². The molecule has 2 aliphatic rings. The molecule has 2 aliphatic heterocycles. The highest BCUT2D eigenvalue weighted by atomic mass is 79.9. The number of rotatable bonds is 3. The highest BCUT2D eigenvalue weighted by molar-refractivity contribution is 9.10. The fourth-order valence-corrected chi connectivity index (χ4v) is 5.19. The monoisotopic (exact) mass is 520 g/mol. The van der Waals surface area contributed by atoms with Crippen LogP contribution in [0.25, 0.3) is 5.70 Å². The molecule has 0 amide bonds. The molecular formula is C25H18BrClN4O2. The number of benzene rings is 3. The fraction of sp³-hybridized carbons (Fsp3) is 0.120. The van der Waals surface area contributed by atoms with Crippen molar-refractivity contribution in [1.82, 2.24) is 14.8 Å². The van der Waals surface area contributed by atoms with E-state index in [0.29, 0.717) is 11.0 Å². The third-order valence-corrected chi connectivity index (χ3v) is 6.86. The lowest BCUT2D eigenvalue weighted by molar-refractivity contribution is 0.223. The topological polar surface area (TPSA) is 61.2 Å². The number of nitrogens with zero attached hydrogens (tertiary/aromatic N) is 3. The largest absolute Gasteiger partial charge is 0.496 e. The number of nitrogens with one attached hydrogen (secondary N) is 1. The Labute approximate surface area is 204 Å². The summed E-state index contributed by atoms with van der Waals surface area (Å²) in [5.41, 5.74) is 5.06. The van der Waals surface area contributed by atoms with Gasteiger partial charge in [-0.1, -0.05) is 41.9 Å². The van der Waals surface area contributed by atoms with Crippen LogP contribution in [0.2, 0.25) is 5.02 Å². The molecule has 33 heavy (non-hydrogen) atoms. The Kier molecular flexibility index (Phi) is 4.89. The summed E-state index contributed by atoms with van der Waals surface area (Å²) in [6.45, 7) is 0. The zero-order valence-electron chi connectivity index (χ0n) is 17.5. The van der Waals surface area contributed by atoms with Gasteiger partial charge in [0, 0.05) is 16.2 Å². The molecule has 0 unspecified atom stereocenters. The number of hydrogen-bond acceptors (Lipinski definition) is 5. The average molecular weight is 522 g/mol. The first-order valence-corrected chi connectivity index (χ1v) is 11.6. The van der Waals surface area contributed by atoms with E-state index in [4.69, 9.17) is 21.1 Å². The van der Waals surface area contributed by atoms with Gasteiger partial charge in [0.05, 0.1) is 17.3 Å². The summed E-state index contributed by atoms with van der Waals surface area (Å²) in [5, 5.41) is 8.75. The van der Waals surface area contributed by atoms with E-state index in [-0.39, 0.29) is 12.1 Å². The van der Waals surface area contributed by atoms with Gasteiger partial charge in [0.1, 0.15) is 30.0 Å². The van der Waals surface area contributed by atoms with Gasteiger partial charge in [-0.3, -0.25) is 0 Å². The Bertz CT molecular complexity index is 1400. The predicted molar refractivity (Wildman–Crippen MR) is 131 cm³/mol. The van der Waals surface area contributed by atoms with Gasteiger partial charge in [-0.05, 0) is 63.5 Å². The van der Waals surface area contributed by atoms with E-state index in [2.05, 4.69) is 49.5 Å². The van der Waals surface area contributed by atoms with E-state index >= 15 is 0 Å². The van der Waals surface area contributed by atoms with Crippen LogP contribution in [0.4, 0.5) is 5.95 Å². The highest BCUT2D eigenvalue weighted by Crippen LogP contribution is 2.51. The van der Waals surface area contributed by atoms with E-state index in [9.17, 15) is 0 Å². The van der Waals surface area contributed by atoms with Crippen LogP contribution in [0.15, 0.2) is 83.1 Å². The lowest BCUT2D eigenvalue weighted by Crippen LogP contribution is -2.32. The molecule has 1 N–H and O–H groups in total. The van der Waals surface area contributed by atoms with Gasteiger partial charge in [0.2, 0.25) is 5.95 Å². The highest BCUT2D eigenvalue weighted by Gasteiger charge is 2.41. The first-order valence-electron chi connectivity index (χ1n) is 10.4. The molecule has 2 atom stereocenters. The second kappa shape index (κ2) is 7.93. The van der Waals surface area contributed by atoms with Gasteiger partial charge in [-0.15, -0.1) is 0 Å². The average Bonchev–Trinajstić information content (AvgIpc) is 3.31. The summed E-state index contributed by atoms with van der Waals surface area (Å²) >= 11 is 9.83. The smallest absolute Gasteiger partial charge is 0.226 e. The summed E-state index contributed by atoms with van der Waals surface area (Å²) in [7, 11) is 1.66. The minimum absolute atomic E-state index is 0.241. The fourth-order valence-electron chi connectivity index (χ4n) is 4.50. The standard InChI is InChI=1S/C25H18BrClN4O2/c1-32-20-11-8-15(12-18(20)26)23-21-22(30-25-28-13-29-31(23)25)17-4-2-3-5-19(17)33-24(21)14-6-9-16(27)10-7-14/h2-13,23-24H,1H3,(H,28,29,30)/t23-,24-/m0/s1. The van der Waals surface area contributed by atoms with E-state index < -0.39 is 0 Å². The van der Waals surface area contributed by atoms with E-state index in [1.807, 2.05) is 53.2 Å². The number of ether oxygens (including phenoxy) is 2. The maximum Gasteiger partial charge on any atom is 0.226 e. The summed E-state index contributed by atoms with van der Waals surface area (Å²) in [6.07, 6.45) is 1.22. The van der Waals surface area contributed by atoms with Gasteiger partial charge in [0.15, 0.2) is 0 Å². The van der Waals surface area contributed by atoms with Crippen molar-refractivity contribution in [2.24, 2.45) is 0 Å². The molecule has 0 spiro atoms. The van der Waals surface area contributed by atoms with Gasteiger partial charge in [0.25, 0.3) is 0 Å². The van der Waals surface area contributed by atoms with Crippen molar-refractivity contribution in [3.05, 3.63) is 105 Å². The Morgan fingerprint density at radius 3 is 2.64 bits per heavy atom. The van der Waals surface area contributed by atoms with Crippen molar-refractivity contribution in [3.8, 4) is 11.5 Å². The van der Waals surface area contributed by atoms with E-state index in [0.717, 1.165) is 43.9 Å². The number of anilines is 1. The van der Waals surface area contributed by atoms with Crippen molar-refractivity contribution < 1.29 is 9.47 Å². The maximum absolute atomic E-state index is 6.61. The normalized spacial score (nSPS) is 18.5. The lowest BCUT2D eigenvalue weighted by Gasteiger charge is -2.39. The third kappa shape index (κ3) is 3.31. The van der Waals surface area contributed by atoms with Gasteiger partial charge >= 0.3 is 0 Å². The minimum atomic E-state index is -0.345. The summed E-state index contributed by atoms with van der Waals surface area (Å²) in [6, 6.07) is 21.6. The number of fused-ring (bicyclic) bond motifs is 3. The molecule has 0 saturated heterocycles. The Balaban J connectivity index is 1.61. The Hall–Kier alpha value is -3.29. The van der Waals surface area contributed by atoms with Gasteiger partial charge < -0.3 is 14.8 Å². The molecule has 0 fully saturated rings. The Morgan fingerprint density at radius 1 is 1.06 bits per heavy atom. The molecule has 6 rings (SSSR count). The third-order valence-electron chi connectivity index (χ3n) is 5.99. The number of para-hydroxylation sites is 1. The van der Waals surface area contributed by atoms with Crippen LogP contribution in [0.5, 0.6) is 11.5 Å². The molecule has 164 valence electrons. The van der Waals surface area contributed by atoms with Gasteiger partial charge in [-0.25, -0.2) is 4.68 Å². The first-order chi connectivity index (χ1) is 16.1. The van der Waals surface area contributed by atoms with Crippen LogP contribution >= 0.6 is 27.5 Å². The van der Waals surface area contributed by atoms with Crippen LogP contribution in [0.1, 0.15) is 28.8 Å². The second-order valence-corrected chi connectivity index (χ2v) is 9.12. The number of aromatic nitrogens is 3. The summed E-state index contributed by atoms with van der Waals surface area (Å²) in [5.74, 6) is 2.25. The number of hydrogen-bond donors (Lipinski definition) is 1. The molecule has 0 bridgehead atoms. The van der Waals surface area contributed by atoms with Crippen LogP contribution in [-0.4, -0.2) is 21.9 Å². The summed E-state index contributed by atoms with van der Waals surface area (Å²) < 4.78 is 14.8. The van der Waals surface area contributed by atoms with Crippen molar-refractivity contribution >= 4 is 39.2 Å². The van der Waals surface area contributed by atoms with E-state index in [1.54, 1.807) is 13.4 Å². The quantitative estimate of drug-likeness (QED) is 0.345. The SMILES string of the molecule is COc1ccc([C@H]2C3=C(Nc4ncnn42)c2ccccc2O[C@H]3c2ccc(Cl)cc2)cc1Br. The molecule has 0 aliphatic carbocycles. The van der Waals surface area contributed by atoms with Crippen LogP contribution in [0.3, 0.4) is 0 Å². The predicted octanol–water partition coefficient (Wildman–Crippen LogP) is 6.26. The van der Waals surface area contributed by atoms with Crippen molar-refractivity contribution in [2.75, 3.05) is 12.4 Å². The zero-order valence-corrected chi connectivity index (χ0v) is 19.8. The van der Waals surface area contributed by atoms with Crippen LogP contribution in [-0.2, 0) is 0 Å². The molecule has 8 heteroatoms. The molecule has 0 saturated carbocycles. The molecule has 3 heterocycles. The molecular weight excluding hydrogens is 504 g/mol. The number of halogens is 2. The van der Waals surface area contributed by atoms with Crippen molar-refractivity contribution in [2.45, 2.75) is 12.1 Å². The summed E-state index contributed by atoms with van der Waals surface area (Å²) in [4.78, 5) is 4.47. The molecule has 0 radical (unpaired) electrons. The van der Waals surface area contributed by atoms with E-state index in [1.165, 1.54) is 0 Å².